The van der Waals surface area contributed by atoms with Crippen LogP contribution in [-0.2, 0) is 28.8 Å². The first kappa shape index (κ1) is 30.8. The molecule has 0 aromatic rings. The van der Waals surface area contributed by atoms with Crippen molar-refractivity contribution < 1.29 is 31.4 Å². The van der Waals surface area contributed by atoms with Gasteiger partial charge in [0.25, 0.3) is 0 Å². The minimum atomic E-state index is -4.38. The van der Waals surface area contributed by atoms with Crippen molar-refractivity contribution in [3.05, 3.63) is 0 Å². The molecule has 7 nitrogen and oxygen atoms in total. The molecule has 0 bridgehead atoms. The van der Waals surface area contributed by atoms with E-state index in [2.05, 4.69) is 11.1 Å². The molecule has 0 spiro atoms. The summed E-state index contributed by atoms with van der Waals surface area (Å²) in [5.41, 5.74) is 0. The Morgan fingerprint density at radius 1 is 0.484 bits per heavy atom. The third-order valence-electron chi connectivity index (χ3n) is 5.10. The van der Waals surface area contributed by atoms with Gasteiger partial charge in [-0.05, 0) is 6.42 Å². The number of hydrogen-bond acceptors (Lipinski definition) is 6. The number of hydrogen-bond donors (Lipinski definition) is 1. The van der Waals surface area contributed by atoms with Gasteiger partial charge in [-0.2, -0.15) is 8.42 Å². The van der Waals surface area contributed by atoms with Crippen LogP contribution in [0.2, 0.25) is 0 Å². The molecular formula is C23H48O7S. The fraction of sp³-hybridized carbons (Fsp3) is 1.00. The van der Waals surface area contributed by atoms with E-state index in [9.17, 15) is 8.42 Å². The molecule has 0 radical (unpaired) electrons. The van der Waals surface area contributed by atoms with Gasteiger partial charge < -0.3 is 14.2 Å². The average molecular weight is 469 g/mol. The van der Waals surface area contributed by atoms with Gasteiger partial charge in [0.2, 0.25) is 0 Å². The number of unbranched alkanes of at least 4 members (excludes halogenated alkanes) is 14. The summed E-state index contributed by atoms with van der Waals surface area (Å²) < 4.78 is 49.1. The van der Waals surface area contributed by atoms with Gasteiger partial charge in [0.05, 0.1) is 39.6 Å². The van der Waals surface area contributed by atoms with E-state index in [-0.39, 0.29) is 13.2 Å². The third-order valence-corrected chi connectivity index (χ3v) is 5.56. The Morgan fingerprint density at radius 3 is 1.19 bits per heavy atom. The van der Waals surface area contributed by atoms with Gasteiger partial charge in [0, 0.05) is 6.61 Å². The fourth-order valence-corrected chi connectivity index (χ4v) is 3.59. The lowest BCUT2D eigenvalue weighted by Gasteiger charge is -2.07. The second kappa shape index (κ2) is 24.4. The molecule has 188 valence electrons. The van der Waals surface area contributed by atoms with Crippen LogP contribution in [0.25, 0.3) is 0 Å². The van der Waals surface area contributed by atoms with Crippen LogP contribution in [0.15, 0.2) is 0 Å². The lowest BCUT2D eigenvalue weighted by atomic mass is 10.0. The van der Waals surface area contributed by atoms with Crippen LogP contribution in [0, 0.1) is 0 Å². The van der Waals surface area contributed by atoms with Crippen LogP contribution in [-0.4, -0.2) is 59.2 Å². The van der Waals surface area contributed by atoms with Gasteiger partial charge in [0.15, 0.2) is 0 Å². The first-order valence-electron chi connectivity index (χ1n) is 12.4. The normalized spacial score (nSPS) is 11.9. The topological polar surface area (TPSA) is 91.3 Å². The van der Waals surface area contributed by atoms with Gasteiger partial charge in [-0.3, -0.25) is 4.55 Å². The molecule has 0 aliphatic carbocycles. The Bertz CT molecular complexity index is 443. The van der Waals surface area contributed by atoms with Crippen molar-refractivity contribution in [3.8, 4) is 0 Å². The maximum atomic E-state index is 10.3. The van der Waals surface area contributed by atoms with Crippen molar-refractivity contribution in [2.75, 3.05) is 46.2 Å². The first-order chi connectivity index (χ1) is 15.1. The molecule has 0 aliphatic rings. The minimum Gasteiger partial charge on any atom is -0.379 e. The van der Waals surface area contributed by atoms with Gasteiger partial charge in [0.1, 0.15) is 0 Å². The highest BCUT2D eigenvalue weighted by molar-refractivity contribution is 7.80. The van der Waals surface area contributed by atoms with Crippen LogP contribution >= 0.6 is 0 Å². The van der Waals surface area contributed by atoms with Crippen LogP contribution < -0.4 is 0 Å². The summed E-state index contributed by atoms with van der Waals surface area (Å²) in [4.78, 5) is 0. The van der Waals surface area contributed by atoms with E-state index in [0.29, 0.717) is 26.4 Å². The molecule has 0 aromatic carbocycles. The Balaban J connectivity index is 3.04. The van der Waals surface area contributed by atoms with E-state index in [1.165, 1.54) is 89.9 Å². The van der Waals surface area contributed by atoms with Crippen molar-refractivity contribution >= 4 is 10.4 Å². The summed E-state index contributed by atoms with van der Waals surface area (Å²) in [6.07, 6.45) is 20.4. The van der Waals surface area contributed by atoms with E-state index in [4.69, 9.17) is 18.8 Å². The Kier molecular flexibility index (Phi) is 24.2. The summed E-state index contributed by atoms with van der Waals surface area (Å²) in [6, 6.07) is 0. The molecule has 0 saturated carbocycles. The zero-order valence-corrected chi connectivity index (χ0v) is 20.7. The smallest absolute Gasteiger partial charge is 0.379 e. The highest BCUT2D eigenvalue weighted by atomic mass is 32.3. The summed E-state index contributed by atoms with van der Waals surface area (Å²) in [5, 5.41) is 0. The van der Waals surface area contributed by atoms with E-state index >= 15 is 0 Å². The molecule has 0 fully saturated rings. The molecule has 0 rings (SSSR count). The highest BCUT2D eigenvalue weighted by Gasteiger charge is 2.02. The molecule has 0 unspecified atom stereocenters. The van der Waals surface area contributed by atoms with Crippen molar-refractivity contribution in [2.45, 2.75) is 103 Å². The largest absolute Gasteiger partial charge is 0.397 e. The molecule has 0 atom stereocenters. The van der Waals surface area contributed by atoms with E-state index in [1.54, 1.807) is 0 Å². The van der Waals surface area contributed by atoms with E-state index in [0.717, 1.165) is 13.0 Å². The standard InChI is InChI=1S/C23H48O7S/c1-2-3-4-5-6-7-8-9-10-11-12-13-14-15-16-17-27-18-19-28-20-21-29-22-23-30-31(24,25)26/h2-23H2,1H3,(H,24,25,26). The molecule has 0 saturated heterocycles. The second-order valence-electron chi connectivity index (χ2n) is 8.04. The SMILES string of the molecule is CCCCCCCCCCCCCCCCCOCCOCCOCCOS(=O)(=O)O. The molecule has 0 amide bonds. The monoisotopic (exact) mass is 468 g/mol. The van der Waals surface area contributed by atoms with Crippen molar-refractivity contribution in [3.63, 3.8) is 0 Å². The molecule has 0 aromatic heterocycles. The number of rotatable bonds is 26. The van der Waals surface area contributed by atoms with Crippen LogP contribution in [0.5, 0.6) is 0 Å². The van der Waals surface area contributed by atoms with Crippen molar-refractivity contribution in [2.24, 2.45) is 0 Å². The van der Waals surface area contributed by atoms with Gasteiger partial charge in [-0.25, -0.2) is 4.18 Å². The van der Waals surface area contributed by atoms with Crippen molar-refractivity contribution in [1.29, 1.82) is 0 Å². The van der Waals surface area contributed by atoms with E-state index in [1.807, 2.05) is 0 Å². The molecular weight excluding hydrogens is 420 g/mol. The first-order valence-corrected chi connectivity index (χ1v) is 13.8. The molecule has 1 N–H and O–H groups in total. The van der Waals surface area contributed by atoms with Crippen LogP contribution in [0.1, 0.15) is 103 Å². The summed E-state index contributed by atoms with van der Waals surface area (Å²) in [6.45, 7) is 4.77. The summed E-state index contributed by atoms with van der Waals surface area (Å²) in [5.74, 6) is 0. The van der Waals surface area contributed by atoms with Crippen molar-refractivity contribution in [1.82, 2.24) is 0 Å². The quantitative estimate of drug-likeness (QED) is 0.128. The summed E-state index contributed by atoms with van der Waals surface area (Å²) in [7, 11) is -4.38. The highest BCUT2D eigenvalue weighted by Crippen LogP contribution is 2.13. The van der Waals surface area contributed by atoms with E-state index < -0.39 is 10.4 Å². The maximum absolute atomic E-state index is 10.3. The second-order valence-corrected chi connectivity index (χ2v) is 9.13. The van der Waals surface area contributed by atoms with Gasteiger partial charge in [-0.1, -0.05) is 96.8 Å². The Labute approximate surface area is 191 Å². The molecule has 0 heterocycles. The predicted molar refractivity (Wildman–Crippen MR) is 125 cm³/mol. The molecule has 8 heteroatoms. The van der Waals surface area contributed by atoms with Crippen LogP contribution in [0.4, 0.5) is 0 Å². The average Bonchev–Trinajstić information content (AvgIpc) is 2.73. The zero-order valence-electron chi connectivity index (χ0n) is 19.9. The van der Waals surface area contributed by atoms with Crippen LogP contribution in [0.3, 0.4) is 0 Å². The Morgan fingerprint density at radius 2 is 0.806 bits per heavy atom. The maximum Gasteiger partial charge on any atom is 0.397 e. The van der Waals surface area contributed by atoms with Gasteiger partial charge >= 0.3 is 10.4 Å². The lowest BCUT2D eigenvalue weighted by Crippen LogP contribution is -2.13. The third kappa shape index (κ3) is 29.8. The minimum absolute atomic E-state index is 0.0822. The van der Waals surface area contributed by atoms with Gasteiger partial charge in [-0.15, -0.1) is 0 Å². The predicted octanol–water partition coefficient (Wildman–Crippen LogP) is 5.73. The zero-order chi connectivity index (χ0) is 22.9. The Hall–Kier alpha value is -0.250. The number of ether oxygens (including phenoxy) is 3. The fourth-order valence-electron chi connectivity index (χ4n) is 3.32. The lowest BCUT2D eigenvalue weighted by molar-refractivity contribution is 0.00854. The molecule has 31 heavy (non-hydrogen) atoms. The summed E-state index contributed by atoms with van der Waals surface area (Å²) >= 11 is 0. The molecule has 0 aliphatic heterocycles.